The molecule has 1 fully saturated rings. The van der Waals surface area contributed by atoms with E-state index in [4.69, 9.17) is 10.8 Å². The predicted molar refractivity (Wildman–Crippen MR) is 65.6 cm³/mol. The van der Waals surface area contributed by atoms with Crippen LogP contribution in [0, 0.1) is 0 Å². The molecule has 0 spiro atoms. The Morgan fingerprint density at radius 2 is 2.06 bits per heavy atom. The molecule has 3 N–H and O–H groups in total. The maximum atomic E-state index is 12.2. The molecule has 1 saturated carbocycles. The second-order valence-corrected chi connectivity index (χ2v) is 5.01. The fraction of sp³-hybridized carbons (Fsp3) is 0.385. The summed E-state index contributed by atoms with van der Waals surface area (Å²) in [6.45, 7) is 0.593. The summed E-state index contributed by atoms with van der Waals surface area (Å²) >= 11 is 0. The molecule has 1 amide bonds. The van der Waals surface area contributed by atoms with Crippen molar-refractivity contribution in [3.8, 4) is 0 Å². The first-order valence-electron chi connectivity index (χ1n) is 5.98. The average molecular weight is 246 g/mol. The monoisotopic (exact) mass is 246 g/mol. The molecule has 1 aromatic rings. The van der Waals surface area contributed by atoms with E-state index in [0.717, 1.165) is 24.1 Å². The molecule has 0 bridgehead atoms. The summed E-state index contributed by atoms with van der Waals surface area (Å²) in [5.74, 6) is -0.982. The van der Waals surface area contributed by atoms with Gasteiger partial charge in [0.2, 0.25) is 5.91 Å². The number of benzene rings is 1. The molecule has 0 saturated heterocycles. The van der Waals surface area contributed by atoms with Crippen LogP contribution >= 0.6 is 0 Å². The molecule has 94 valence electrons. The van der Waals surface area contributed by atoms with Gasteiger partial charge >= 0.3 is 5.97 Å². The van der Waals surface area contributed by atoms with E-state index in [-0.39, 0.29) is 11.5 Å². The molecule has 1 aliphatic heterocycles. The molecule has 0 aromatic heterocycles. The molecule has 0 unspecified atom stereocenters. The zero-order valence-electron chi connectivity index (χ0n) is 9.85. The van der Waals surface area contributed by atoms with Crippen molar-refractivity contribution in [3.63, 3.8) is 0 Å². The van der Waals surface area contributed by atoms with Crippen molar-refractivity contribution in [1.82, 2.24) is 0 Å². The van der Waals surface area contributed by atoms with Gasteiger partial charge in [0.05, 0.1) is 11.1 Å². The highest BCUT2D eigenvalue weighted by Crippen LogP contribution is 2.38. The van der Waals surface area contributed by atoms with E-state index in [0.29, 0.717) is 13.0 Å². The molecule has 5 nitrogen and oxygen atoms in total. The van der Waals surface area contributed by atoms with Crippen LogP contribution in [0.1, 0.15) is 28.8 Å². The van der Waals surface area contributed by atoms with Crippen LogP contribution in [0.5, 0.6) is 0 Å². The van der Waals surface area contributed by atoms with Crippen LogP contribution in [0.3, 0.4) is 0 Å². The van der Waals surface area contributed by atoms with Crippen molar-refractivity contribution in [2.24, 2.45) is 5.73 Å². The average Bonchev–Trinajstić information content (AvgIpc) is 2.96. The number of carbonyl (C=O) groups is 2. The summed E-state index contributed by atoms with van der Waals surface area (Å²) in [4.78, 5) is 24.8. The Hall–Kier alpha value is -1.88. The summed E-state index contributed by atoms with van der Waals surface area (Å²) in [5, 5.41) is 8.93. The van der Waals surface area contributed by atoms with Crippen LogP contribution in [-0.2, 0) is 11.2 Å². The zero-order valence-corrected chi connectivity index (χ0v) is 9.85. The maximum absolute atomic E-state index is 12.2. The number of nitrogens with zero attached hydrogens (tertiary/aromatic N) is 1. The maximum Gasteiger partial charge on any atom is 0.335 e. The molecule has 0 radical (unpaired) electrons. The number of amides is 1. The van der Waals surface area contributed by atoms with E-state index in [2.05, 4.69) is 0 Å². The van der Waals surface area contributed by atoms with Gasteiger partial charge in [-0.2, -0.15) is 0 Å². The number of fused-ring (bicyclic) bond motifs is 1. The highest BCUT2D eigenvalue weighted by atomic mass is 16.4. The molecule has 0 atom stereocenters. The third-order valence-electron chi connectivity index (χ3n) is 3.68. The fourth-order valence-corrected chi connectivity index (χ4v) is 2.36. The number of carboxylic acid groups (broad SMARTS) is 1. The van der Waals surface area contributed by atoms with Crippen LogP contribution in [0.2, 0.25) is 0 Å². The minimum atomic E-state index is -0.944. The highest BCUT2D eigenvalue weighted by Gasteiger charge is 2.49. The van der Waals surface area contributed by atoms with Crippen LogP contribution in [0.15, 0.2) is 18.2 Å². The number of aromatic carboxylic acids is 1. The Bertz CT molecular complexity index is 549. The third kappa shape index (κ3) is 1.59. The summed E-state index contributed by atoms with van der Waals surface area (Å²) in [6, 6.07) is 4.87. The number of anilines is 1. The van der Waals surface area contributed by atoms with Crippen LogP contribution in [-0.4, -0.2) is 29.1 Å². The quantitative estimate of drug-likeness (QED) is 0.807. The van der Waals surface area contributed by atoms with E-state index >= 15 is 0 Å². The lowest BCUT2D eigenvalue weighted by Gasteiger charge is -2.21. The fourth-order valence-electron chi connectivity index (χ4n) is 2.36. The third-order valence-corrected chi connectivity index (χ3v) is 3.68. The van der Waals surface area contributed by atoms with Crippen LogP contribution in [0.25, 0.3) is 0 Å². The summed E-state index contributed by atoms with van der Waals surface area (Å²) < 4.78 is 0. The van der Waals surface area contributed by atoms with E-state index in [1.807, 2.05) is 0 Å². The van der Waals surface area contributed by atoms with Crippen LogP contribution in [0.4, 0.5) is 5.69 Å². The van der Waals surface area contributed by atoms with E-state index < -0.39 is 11.5 Å². The highest BCUT2D eigenvalue weighted by molar-refractivity contribution is 6.04. The van der Waals surface area contributed by atoms with Gasteiger partial charge in [-0.3, -0.25) is 4.79 Å². The Morgan fingerprint density at radius 3 is 2.67 bits per heavy atom. The normalized spacial score (nSPS) is 19.5. The Morgan fingerprint density at radius 1 is 1.33 bits per heavy atom. The lowest BCUT2D eigenvalue weighted by molar-refractivity contribution is -0.120. The predicted octanol–water partition coefficient (Wildman–Crippen LogP) is 0.765. The minimum absolute atomic E-state index is 0.0377. The summed E-state index contributed by atoms with van der Waals surface area (Å²) in [5.41, 5.74) is 7.22. The lowest BCUT2D eigenvalue weighted by atomic mass is 10.1. The number of carboxylic acids is 1. The molecule has 18 heavy (non-hydrogen) atoms. The number of nitrogens with two attached hydrogens (primary N) is 1. The van der Waals surface area contributed by atoms with Gasteiger partial charge in [0.15, 0.2) is 0 Å². The van der Waals surface area contributed by atoms with Gasteiger partial charge in [-0.05, 0) is 43.0 Å². The number of carbonyl (C=O) groups excluding carboxylic acids is 1. The molecule has 3 rings (SSSR count). The first kappa shape index (κ1) is 11.2. The van der Waals surface area contributed by atoms with Gasteiger partial charge in [0.1, 0.15) is 0 Å². The van der Waals surface area contributed by atoms with E-state index in [9.17, 15) is 9.59 Å². The number of rotatable bonds is 2. The van der Waals surface area contributed by atoms with Crippen molar-refractivity contribution in [2.45, 2.75) is 24.8 Å². The first-order valence-corrected chi connectivity index (χ1v) is 5.98. The molecule has 1 aromatic carbocycles. The standard InChI is InChI=1S/C13H14N2O3/c14-13(4-5-13)12(18)15-6-3-8-7-9(11(16)17)1-2-10(8)15/h1-2,7H,3-6,14H2,(H,16,17). The number of hydrogen-bond acceptors (Lipinski definition) is 3. The lowest BCUT2D eigenvalue weighted by Crippen LogP contribution is -2.45. The first-order chi connectivity index (χ1) is 8.51. The van der Waals surface area contributed by atoms with Gasteiger partial charge in [-0.25, -0.2) is 4.79 Å². The van der Waals surface area contributed by atoms with Crippen molar-refractivity contribution >= 4 is 17.6 Å². The Kier molecular flexibility index (Phi) is 2.22. The second-order valence-electron chi connectivity index (χ2n) is 5.01. The molecule has 2 aliphatic rings. The van der Waals surface area contributed by atoms with Gasteiger partial charge < -0.3 is 15.7 Å². The van der Waals surface area contributed by atoms with Crippen molar-refractivity contribution < 1.29 is 14.7 Å². The van der Waals surface area contributed by atoms with Gasteiger partial charge in [-0.1, -0.05) is 0 Å². The molecule has 5 heteroatoms. The van der Waals surface area contributed by atoms with Crippen molar-refractivity contribution in [1.29, 1.82) is 0 Å². The molecule has 1 heterocycles. The van der Waals surface area contributed by atoms with E-state index in [1.165, 1.54) is 6.07 Å². The Labute approximate surface area is 104 Å². The SMILES string of the molecule is NC1(C(=O)N2CCc3cc(C(=O)O)ccc32)CC1. The molecular weight excluding hydrogens is 232 g/mol. The van der Waals surface area contributed by atoms with Crippen LogP contribution < -0.4 is 10.6 Å². The zero-order chi connectivity index (χ0) is 12.9. The Balaban J connectivity index is 1.93. The smallest absolute Gasteiger partial charge is 0.335 e. The van der Waals surface area contributed by atoms with Crippen molar-refractivity contribution in [2.75, 3.05) is 11.4 Å². The van der Waals surface area contributed by atoms with Gasteiger partial charge in [-0.15, -0.1) is 0 Å². The molecular formula is C13H14N2O3. The summed E-state index contributed by atoms with van der Waals surface area (Å²) in [7, 11) is 0. The van der Waals surface area contributed by atoms with Gasteiger partial charge in [0.25, 0.3) is 0 Å². The molecule has 1 aliphatic carbocycles. The van der Waals surface area contributed by atoms with Crippen molar-refractivity contribution in [3.05, 3.63) is 29.3 Å². The summed E-state index contributed by atoms with van der Waals surface area (Å²) in [6.07, 6.45) is 2.17. The van der Waals surface area contributed by atoms with E-state index in [1.54, 1.807) is 17.0 Å². The minimum Gasteiger partial charge on any atom is -0.478 e. The topological polar surface area (TPSA) is 83.6 Å². The van der Waals surface area contributed by atoms with Gasteiger partial charge in [0, 0.05) is 12.2 Å². The number of hydrogen-bond donors (Lipinski definition) is 2. The largest absolute Gasteiger partial charge is 0.478 e. The second kappa shape index (κ2) is 3.55.